The molecule has 0 fully saturated rings. The molecule has 0 aliphatic carbocycles. The largest absolute Gasteiger partial charge is 0.478 e. The number of nitrogens with zero attached hydrogens (tertiary/aromatic N) is 2. The fourth-order valence-electron chi connectivity index (χ4n) is 1.68. The van der Waals surface area contributed by atoms with Crippen LogP contribution in [0, 0.1) is 0 Å². The molecule has 1 aromatic heterocycles. The lowest BCUT2D eigenvalue weighted by molar-refractivity contribution is -0.129. The summed E-state index contributed by atoms with van der Waals surface area (Å²) in [5.74, 6) is -1.02. The Bertz CT molecular complexity index is 488. The van der Waals surface area contributed by atoms with Crippen molar-refractivity contribution in [2.45, 2.75) is 13.5 Å². The molecular weight excluding hydrogens is 258 g/mol. The Morgan fingerprint density at radius 2 is 2.30 bits per heavy atom. The molecule has 0 saturated heterocycles. The van der Waals surface area contributed by atoms with Crippen molar-refractivity contribution in [3.63, 3.8) is 0 Å². The summed E-state index contributed by atoms with van der Waals surface area (Å²) in [7, 11) is 0. The minimum Gasteiger partial charge on any atom is -0.478 e. The molecule has 2 N–H and O–H groups in total. The molecule has 0 unspecified atom stereocenters. The van der Waals surface area contributed by atoms with Crippen LogP contribution in [0.15, 0.2) is 31.0 Å². The van der Waals surface area contributed by atoms with Gasteiger partial charge in [-0.1, -0.05) is 6.08 Å². The number of amides is 1. The first-order valence-corrected chi connectivity index (χ1v) is 6.36. The Balaban J connectivity index is 2.47. The van der Waals surface area contributed by atoms with Crippen molar-refractivity contribution in [3.05, 3.63) is 42.2 Å². The summed E-state index contributed by atoms with van der Waals surface area (Å²) in [6.07, 6.45) is 3.12. The quantitative estimate of drug-likeness (QED) is 0.690. The van der Waals surface area contributed by atoms with Crippen molar-refractivity contribution in [1.29, 1.82) is 0 Å². The molecule has 1 heterocycles. The van der Waals surface area contributed by atoms with Gasteiger partial charge in [-0.25, -0.2) is 4.79 Å². The third-order valence-electron chi connectivity index (χ3n) is 2.73. The number of carbonyl (C=O) groups is 2. The number of hydrogen-bond donors (Lipinski definition) is 2. The summed E-state index contributed by atoms with van der Waals surface area (Å²) in [6, 6.07) is 2.92. The number of nitrogens with one attached hydrogen (secondary N) is 1. The maximum atomic E-state index is 11.8. The van der Waals surface area contributed by atoms with E-state index in [4.69, 9.17) is 5.11 Å². The molecule has 0 aromatic carbocycles. The molecule has 1 aromatic rings. The predicted molar refractivity (Wildman–Crippen MR) is 75.4 cm³/mol. The van der Waals surface area contributed by atoms with Crippen molar-refractivity contribution in [2.24, 2.45) is 0 Å². The molecular formula is C14H19N3O3. The van der Waals surface area contributed by atoms with E-state index in [0.29, 0.717) is 25.3 Å². The summed E-state index contributed by atoms with van der Waals surface area (Å²) in [4.78, 5) is 28.4. The van der Waals surface area contributed by atoms with Crippen LogP contribution < -0.4 is 5.32 Å². The molecule has 0 atom stereocenters. The van der Waals surface area contributed by atoms with Crippen LogP contribution >= 0.6 is 0 Å². The molecule has 0 radical (unpaired) electrons. The van der Waals surface area contributed by atoms with Crippen molar-refractivity contribution < 1.29 is 14.7 Å². The zero-order valence-corrected chi connectivity index (χ0v) is 11.5. The van der Waals surface area contributed by atoms with E-state index in [2.05, 4.69) is 16.9 Å². The number of aromatic nitrogens is 1. The first-order chi connectivity index (χ1) is 9.58. The smallest absolute Gasteiger partial charge is 0.335 e. The van der Waals surface area contributed by atoms with Gasteiger partial charge in [0.15, 0.2) is 0 Å². The summed E-state index contributed by atoms with van der Waals surface area (Å²) < 4.78 is 0. The van der Waals surface area contributed by atoms with E-state index in [1.165, 1.54) is 18.3 Å². The van der Waals surface area contributed by atoms with E-state index < -0.39 is 5.97 Å². The zero-order chi connectivity index (χ0) is 15.0. The first kappa shape index (κ1) is 15.8. The van der Waals surface area contributed by atoms with E-state index in [1.807, 2.05) is 6.92 Å². The van der Waals surface area contributed by atoms with Gasteiger partial charge in [-0.3, -0.25) is 9.78 Å². The van der Waals surface area contributed by atoms with Gasteiger partial charge in [0.1, 0.15) is 0 Å². The monoisotopic (exact) mass is 277 g/mol. The Morgan fingerprint density at radius 3 is 2.90 bits per heavy atom. The van der Waals surface area contributed by atoms with E-state index in [1.54, 1.807) is 11.0 Å². The number of hydrogen-bond acceptors (Lipinski definition) is 4. The van der Waals surface area contributed by atoms with Gasteiger partial charge in [-0.05, 0) is 19.1 Å². The second-order valence-electron chi connectivity index (χ2n) is 4.17. The standard InChI is InChI=1S/C14H19N3O3/c1-3-7-17(4-2)13(18)10-15-9-12-8-11(14(19)20)5-6-16-12/h3,5-6,8,15H,1,4,7,9-10H2,2H3,(H,19,20). The molecule has 1 rings (SSSR count). The fourth-order valence-corrected chi connectivity index (χ4v) is 1.68. The SMILES string of the molecule is C=CCN(CC)C(=O)CNCc1cc(C(=O)O)ccn1. The summed E-state index contributed by atoms with van der Waals surface area (Å²) in [5, 5.41) is 11.8. The van der Waals surface area contributed by atoms with E-state index in [-0.39, 0.29) is 18.0 Å². The lowest BCUT2D eigenvalue weighted by atomic mass is 10.2. The highest BCUT2D eigenvalue weighted by atomic mass is 16.4. The lowest BCUT2D eigenvalue weighted by Gasteiger charge is -2.19. The number of carbonyl (C=O) groups excluding carboxylic acids is 1. The molecule has 0 bridgehead atoms. The van der Waals surface area contributed by atoms with Crippen LogP contribution in [-0.2, 0) is 11.3 Å². The molecule has 0 aliphatic rings. The molecule has 0 spiro atoms. The Morgan fingerprint density at radius 1 is 1.55 bits per heavy atom. The molecule has 6 heteroatoms. The summed E-state index contributed by atoms with van der Waals surface area (Å²) in [5.41, 5.74) is 0.773. The highest BCUT2D eigenvalue weighted by Crippen LogP contribution is 2.01. The maximum Gasteiger partial charge on any atom is 0.335 e. The van der Waals surface area contributed by atoms with Crippen molar-refractivity contribution >= 4 is 11.9 Å². The number of aromatic carboxylic acids is 1. The van der Waals surface area contributed by atoms with Crippen LogP contribution in [0.5, 0.6) is 0 Å². The molecule has 0 aliphatic heterocycles. The lowest BCUT2D eigenvalue weighted by Crippen LogP contribution is -2.38. The first-order valence-electron chi connectivity index (χ1n) is 6.36. The summed E-state index contributed by atoms with van der Waals surface area (Å²) in [6.45, 7) is 7.18. The van der Waals surface area contributed by atoms with Gasteiger partial charge in [0.2, 0.25) is 5.91 Å². The highest BCUT2D eigenvalue weighted by Gasteiger charge is 2.09. The minimum atomic E-state index is -0.993. The predicted octanol–water partition coefficient (Wildman–Crippen LogP) is 0.904. The number of carboxylic acids is 1. The van der Waals surface area contributed by atoms with E-state index in [9.17, 15) is 9.59 Å². The third kappa shape index (κ3) is 4.81. The van der Waals surface area contributed by atoms with Gasteiger partial charge in [0, 0.05) is 25.8 Å². The highest BCUT2D eigenvalue weighted by molar-refractivity contribution is 5.87. The minimum absolute atomic E-state index is 0.0261. The average molecular weight is 277 g/mol. The van der Waals surface area contributed by atoms with Gasteiger partial charge in [-0.15, -0.1) is 6.58 Å². The number of pyridine rings is 1. The summed E-state index contributed by atoms with van der Waals surface area (Å²) >= 11 is 0. The van der Waals surface area contributed by atoms with Crippen molar-refractivity contribution in [2.75, 3.05) is 19.6 Å². The van der Waals surface area contributed by atoms with Gasteiger partial charge in [-0.2, -0.15) is 0 Å². The van der Waals surface area contributed by atoms with Crippen LogP contribution in [0.3, 0.4) is 0 Å². The fraction of sp³-hybridized carbons (Fsp3) is 0.357. The van der Waals surface area contributed by atoms with Crippen LogP contribution in [-0.4, -0.2) is 46.5 Å². The topological polar surface area (TPSA) is 82.5 Å². The zero-order valence-electron chi connectivity index (χ0n) is 11.5. The number of rotatable bonds is 8. The van der Waals surface area contributed by atoms with Crippen LogP contribution in [0.25, 0.3) is 0 Å². The Labute approximate surface area is 118 Å². The molecule has 20 heavy (non-hydrogen) atoms. The van der Waals surface area contributed by atoms with Gasteiger partial charge in [0.05, 0.1) is 17.8 Å². The van der Waals surface area contributed by atoms with Gasteiger partial charge in [0.25, 0.3) is 0 Å². The Hall–Kier alpha value is -2.21. The number of carboxylic acid groups (broad SMARTS) is 1. The molecule has 0 saturated carbocycles. The average Bonchev–Trinajstić information content (AvgIpc) is 2.44. The normalized spacial score (nSPS) is 10.1. The number of likely N-dealkylation sites (N-methyl/N-ethyl adjacent to an activating group) is 1. The van der Waals surface area contributed by atoms with Crippen LogP contribution in [0.1, 0.15) is 23.0 Å². The molecule has 1 amide bonds. The van der Waals surface area contributed by atoms with E-state index in [0.717, 1.165) is 0 Å². The van der Waals surface area contributed by atoms with Gasteiger partial charge >= 0.3 is 5.97 Å². The van der Waals surface area contributed by atoms with Crippen molar-refractivity contribution in [3.8, 4) is 0 Å². The maximum absolute atomic E-state index is 11.8. The van der Waals surface area contributed by atoms with Crippen LogP contribution in [0.2, 0.25) is 0 Å². The molecule has 108 valence electrons. The second-order valence-corrected chi connectivity index (χ2v) is 4.17. The van der Waals surface area contributed by atoms with Gasteiger partial charge < -0.3 is 15.3 Å². The molecule has 6 nitrogen and oxygen atoms in total. The Kier molecular flexibility index (Phi) is 6.39. The third-order valence-corrected chi connectivity index (χ3v) is 2.73. The van der Waals surface area contributed by atoms with E-state index >= 15 is 0 Å². The van der Waals surface area contributed by atoms with Crippen LogP contribution in [0.4, 0.5) is 0 Å². The second kappa shape index (κ2) is 8.06. The van der Waals surface area contributed by atoms with Crippen molar-refractivity contribution in [1.82, 2.24) is 15.2 Å².